The van der Waals surface area contributed by atoms with Gasteiger partial charge in [0.15, 0.2) is 0 Å². The minimum atomic E-state index is -0.915. The summed E-state index contributed by atoms with van der Waals surface area (Å²) >= 11 is 0. The molecule has 1 atom stereocenters. The number of aromatic nitrogens is 4. The van der Waals surface area contributed by atoms with Gasteiger partial charge in [-0.25, -0.2) is 15.0 Å². The van der Waals surface area contributed by atoms with Gasteiger partial charge in [-0.15, -0.1) is 0 Å². The van der Waals surface area contributed by atoms with E-state index in [1.165, 1.54) is 0 Å². The second kappa shape index (κ2) is 6.66. The summed E-state index contributed by atoms with van der Waals surface area (Å²) in [6, 6.07) is 6.04. The SMILES string of the molecule is CC(C)(O)c1ccc2ncc(-c3ccnc(NC4CCCNC4)n3)n2c1. The highest BCUT2D eigenvalue weighted by molar-refractivity contribution is 5.61. The van der Waals surface area contributed by atoms with Crippen molar-refractivity contribution in [2.45, 2.75) is 38.3 Å². The zero-order valence-corrected chi connectivity index (χ0v) is 15.1. The fourth-order valence-corrected chi connectivity index (χ4v) is 3.26. The first kappa shape index (κ1) is 16.9. The van der Waals surface area contributed by atoms with Gasteiger partial charge in [-0.2, -0.15) is 0 Å². The number of rotatable bonds is 4. The highest BCUT2D eigenvalue weighted by atomic mass is 16.3. The van der Waals surface area contributed by atoms with Crippen LogP contribution < -0.4 is 10.6 Å². The van der Waals surface area contributed by atoms with Crippen LogP contribution in [0, 0.1) is 0 Å². The topological polar surface area (TPSA) is 87.4 Å². The van der Waals surface area contributed by atoms with E-state index in [-0.39, 0.29) is 0 Å². The monoisotopic (exact) mass is 352 g/mol. The van der Waals surface area contributed by atoms with Crippen LogP contribution in [0.1, 0.15) is 32.3 Å². The first-order valence-corrected chi connectivity index (χ1v) is 9.01. The van der Waals surface area contributed by atoms with Crippen molar-refractivity contribution in [1.82, 2.24) is 24.7 Å². The molecule has 3 aromatic heterocycles. The molecule has 136 valence electrons. The average molecular weight is 352 g/mol. The molecule has 3 N–H and O–H groups in total. The van der Waals surface area contributed by atoms with E-state index in [2.05, 4.69) is 25.6 Å². The third-order valence-electron chi connectivity index (χ3n) is 4.76. The van der Waals surface area contributed by atoms with Gasteiger partial charge >= 0.3 is 0 Å². The number of nitrogens with zero attached hydrogens (tertiary/aromatic N) is 4. The maximum Gasteiger partial charge on any atom is 0.223 e. The first-order chi connectivity index (χ1) is 12.5. The van der Waals surface area contributed by atoms with E-state index in [1.54, 1.807) is 26.2 Å². The smallest absolute Gasteiger partial charge is 0.223 e. The van der Waals surface area contributed by atoms with Crippen molar-refractivity contribution in [3.8, 4) is 11.4 Å². The molecule has 26 heavy (non-hydrogen) atoms. The van der Waals surface area contributed by atoms with Gasteiger partial charge < -0.3 is 15.7 Å². The molecule has 3 aromatic rings. The number of piperidine rings is 1. The molecule has 0 aromatic carbocycles. The lowest BCUT2D eigenvalue weighted by molar-refractivity contribution is 0.0782. The molecule has 0 amide bonds. The Hall–Kier alpha value is -2.51. The van der Waals surface area contributed by atoms with Gasteiger partial charge in [-0.05, 0) is 50.9 Å². The summed E-state index contributed by atoms with van der Waals surface area (Å²) in [5.74, 6) is 0.629. The maximum atomic E-state index is 10.3. The Bertz CT molecular complexity index is 908. The molecule has 4 heterocycles. The standard InChI is InChI=1S/C19H24N6O/c1-19(2,26)13-5-6-17-22-11-16(25(17)12-13)15-7-9-21-18(24-15)23-14-4-3-8-20-10-14/h5-7,9,11-12,14,20,26H,3-4,8,10H2,1-2H3,(H,21,23,24). The molecule has 7 heteroatoms. The summed E-state index contributed by atoms with van der Waals surface area (Å²) in [6.45, 7) is 5.55. The van der Waals surface area contributed by atoms with Crippen molar-refractivity contribution in [2.75, 3.05) is 18.4 Å². The Kier molecular flexibility index (Phi) is 4.34. The molecule has 4 rings (SSSR count). The Morgan fingerprint density at radius 2 is 2.15 bits per heavy atom. The van der Waals surface area contributed by atoms with Crippen molar-refractivity contribution in [3.63, 3.8) is 0 Å². The van der Waals surface area contributed by atoms with Gasteiger partial charge in [-0.3, -0.25) is 4.40 Å². The third kappa shape index (κ3) is 3.40. The molecule has 0 radical (unpaired) electrons. The second-order valence-corrected chi connectivity index (χ2v) is 7.30. The Balaban J connectivity index is 1.67. The van der Waals surface area contributed by atoms with E-state index in [1.807, 2.05) is 28.8 Å². The molecule has 1 saturated heterocycles. The van der Waals surface area contributed by atoms with Gasteiger partial charge in [0.25, 0.3) is 0 Å². The molecular weight excluding hydrogens is 328 g/mol. The molecule has 1 fully saturated rings. The van der Waals surface area contributed by atoms with E-state index >= 15 is 0 Å². The highest BCUT2D eigenvalue weighted by Gasteiger charge is 2.18. The van der Waals surface area contributed by atoms with Crippen LogP contribution in [0.25, 0.3) is 17.0 Å². The summed E-state index contributed by atoms with van der Waals surface area (Å²) in [7, 11) is 0. The largest absolute Gasteiger partial charge is 0.386 e. The van der Waals surface area contributed by atoms with E-state index in [4.69, 9.17) is 0 Å². The van der Waals surface area contributed by atoms with Crippen LogP contribution in [0.15, 0.2) is 36.8 Å². The van der Waals surface area contributed by atoms with Gasteiger partial charge in [0.2, 0.25) is 5.95 Å². The number of pyridine rings is 1. The quantitative estimate of drug-likeness (QED) is 0.667. The molecule has 1 aliphatic rings. The summed E-state index contributed by atoms with van der Waals surface area (Å²) in [4.78, 5) is 13.5. The summed E-state index contributed by atoms with van der Waals surface area (Å²) in [5, 5.41) is 17.1. The number of fused-ring (bicyclic) bond motifs is 1. The number of imidazole rings is 1. The predicted octanol–water partition coefficient (Wildman–Crippen LogP) is 2.18. The molecule has 0 saturated carbocycles. The Morgan fingerprint density at radius 3 is 2.92 bits per heavy atom. The maximum absolute atomic E-state index is 10.3. The molecule has 0 spiro atoms. The lowest BCUT2D eigenvalue weighted by Crippen LogP contribution is -2.38. The zero-order chi connectivity index (χ0) is 18.1. The summed E-state index contributed by atoms with van der Waals surface area (Å²) in [6.07, 6.45) is 7.76. The Labute approximate surface area is 152 Å². The van der Waals surface area contributed by atoms with Crippen LogP contribution in [-0.2, 0) is 5.60 Å². The van der Waals surface area contributed by atoms with Crippen LogP contribution in [0.4, 0.5) is 5.95 Å². The van der Waals surface area contributed by atoms with Gasteiger partial charge in [-0.1, -0.05) is 6.07 Å². The number of hydrogen-bond acceptors (Lipinski definition) is 6. The van der Waals surface area contributed by atoms with E-state index in [0.29, 0.717) is 12.0 Å². The van der Waals surface area contributed by atoms with Crippen LogP contribution in [0.2, 0.25) is 0 Å². The fourth-order valence-electron chi connectivity index (χ4n) is 3.26. The highest BCUT2D eigenvalue weighted by Crippen LogP contribution is 2.24. The third-order valence-corrected chi connectivity index (χ3v) is 4.76. The fraction of sp³-hybridized carbons (Fsp3) is 0.421. The normalized spacial score (nSPS) is 18.2. The van der Waals surface area contributed by atoms with E-state index in [0.717, 1.165) is 48.5 Å². The molecule has 0 bridgehead atoms. The van der Waals surface area contributed by atoms with Crippen molar-refractivity contribution in [3.05, 3.63) is 42.4 Å². The van der Waals surface area contributed by atoms with E-state index in [9.17, 15) is 5.11 Å². The lowest BCUT2D eigenvalue weighted by atomic mass is 10.0. The van der Waals surface area contributed by atoms with Gasteiger partial charge in [0.1, 0.15) is 5.65 Å². The number of hydrogen-bond donors (Lipinski definition) is 3. The Morgan fingerprint density at radius 1 is 1.27 bits per heavy atom. The van der Waals surface area contributed by atoms with Gasteiger partial charge in [0, 0.05) is 25.0 Å². The van der Waals surface area contributed by atoms with E-state index < -0.39 is 5.60 Å². The number of aliphatic hydroxyl groups is 1. The average Bonchev–Trinajstić information content (AvgIpc) is 3.05. The molecular formula is C19H24N6O. The number of anilines is 1. The van der Waals surface area contributed by atoms with Crippen LogP contribution >= 0.6 is 0 Å². The molecule has 1 aliphatic heterocycles. The zero-order valence-electron chi connectivity index (χ0n) is 15.1. The molecule has 0 aliphatic carbocycles. The molecule has 7 nitrogen and oxygen atoms in total. The van der Waals surface area contributed by atoms with Crippen molar-refractivity contribution >= 4 is 11.6 Å². The minimum Gasteiger partial charge on any atom is -0.386 e. The van der Waals surface area contributed by atoms with Crippen molar-refractivity contribution in [1.29, 1.82) is 0 Å². The van der Waals surface area contributed by atoms with Crippen molar-refractivity contribution in [2.24, 2.45) is 0 Å². The summed E-state index contributed by atoms with van der Waals surface area (Å²) < 4.78 is 1.96. The first-order valence-electron chi connectivity index (χ1n) is 9.01. The minimum absolute atomic E-state index is 0.350. The number of nitrogens with one attached hydrogen (secondary N) is 2. The predicted molar refractivity (Wildman–Crippen MR) is 101 cm³/mol. The van der Waals surface area contributed by atoms with Gasteiger partial charge in [0.05, 0.1) is 23.2 Å². The second-order valence-electron chi connectivity index (χ2n) is 7.30. The molecule has 1 unspecified atom stereocenters. The van der Waals surface area contributed by atoms with Crippen LogP contribution in [0.5, 0.6) is 0 Å². The summed E-state index contributed by atoms with van der Waals surface area (Å²) in [5.41, 5.74) is 2.40. The lowest BCUT2D eigenvalue weighted by Gasteiger charge is -2.23. The van der Waals surface area contributed by atoms with Crippen LogP contribution in [-0.4, -0.2) is 43.6 Å². The van der Waals surface area contributed by atoms with Crippen molar-refractivity contribution < 1.29 is 5.11 Å². The van der Waals surface area contributed by atoms with Crippen LogP contribution in [0.3, 0.4) is 0 Å².